The first kappa shape index (κ1) is 25.0. The number of nitriles is 1. The molecule has 34 heavy (non-hydrogen) atoms. The Morgan fingerprint density at radius 3 is 2.50 bits per heavy atom. The predicted molar refractivity (Wildman–Crippen MR) is 132 cm³/mol. The predicted octanol–water partition coefficient (Wildman–Crippen LogP) is 6.69. The van der Waals surface area contributed by atoms with Crippen LogP contribution in [0.25, 0.3) is 0 Å². The average Bonchev–Trinajstić information content (AvgIpc) is 2.82. The van der Waals surface area contributed by atoms with Gasteiger partial charge in [-0.3, -0.25) is 4.79 Å². The van der Waals surface area contributed by atoms with Crippen molar-refractivity contribution in [3.8, 4) is 11.8 Å². The number of amides is 1. The van der Waals surface area contributed by atoms with E-state index in [4.69, 9.17) is 10.00 Å². The summed E-state index contributed by atoms with van der Waals surface area (Å²) >= 11 is 0. The van der Waals surface area contributed by atoms with Gasteiger partial charge in [-0.15, -0.1) is 0 Å². The maximum Gasteiger partial charge on any atom is 0.252 e. The molecule has 0 radical (unpaired) electrons. The van der Waals surface area contributed by atoms with E-state index in [1.807, 2.05) is 49.4 Å². The Hall–Kier alpha value is -3.65. The maximum absolute atomic E-state index is 13.5. The molecule has 1 atom stereocenters. The third-order valence-electron chi connectivity index (χ3n) is 5.70. The maximum atomic E-state index is 13.5. The van der Waals surface area contributed by atoms with E-state index in [9.17, 15) is 9.18 Å². The van der Waals surface area contributed by atoms with Crippen LogP contribution >= 0.6 is 0 Å². The largest absolute Gasteiger partial charge is 0.489 e. The highest BCUT2D eigenvalue weighted by atomic mass is 19.1. The van der Waals surface area contributed by atoms with Crippen LogP contribution < -0.4 is 10.1 Å². The first-order valence-corrected chi connectivity index (χ1v) is 11.6. The molecule has 0 saturated carbocycles. The lowest BCUT2D eigenvalue weighted by atomic mass is 9.95. The smallest absolute Gasteiger partial charge is 0.252 e. The van der Waals surface area contributed by atoms with Crippen molar-refractivity contribution in [2.75, 3.05) is 0 Å². The second kappa shape index (κ2) is 12.0. The number of benzene rings is 3. The van der Waals surface area contributed by atoms with Crippen molar-refractivity contribution < 1.29 is 13.9 Å². The van der Waals surface area contributed by atoms with Crippen LogP contribution in [0, 0.1) is 30.0 Å². The molecule has 1 unspecified atom stereocenters. The van der Waals surface area contributed by atoms with E-state index in [1.54, 1.807) is 12.1 Å². The van der Waals surface area contributed by atoms with Crippen LogP contribution in [0.15, 0.2) is 66.7 Å². The third kappa shape index (κ3) is 6.92. The number of hydrogen-bond acceptors (Lipinski definition) is 3. The quantitative estimate of drug-likeness (QED) is 0.368. The second-order valence-electron chi connectivity index (χ2n) is 8.91. The van der Waals surface area contributed by atoms with Crippen molar-refractivity contribution in [3.63, 3.8) is 0 Å². The molecule has 4 nitrogen and oxygen atoms in total. The number of carbonyl (C=O) groups is 1. The van der Waals surface area contributed by atoms with Gasteiger partial charge in [-0.2, -0.15) is 5.26 Å². The summed E-state index contributed by atoms with van der Waals surface area (Å²) < 4.78 is 19.4. The molecule has 3 aromatic carbocycles. The zero-order chi connectivity index (χ0) is 24.5. The number of nitrogens with one attached hydrogen (secondary N) is 1. The van der Waals surface area contributed by atoms with Crippen LogP contribution in [0.1, 0.15) is 65.3 Å². The van der Waals surface area contributed by atoms with Gasteiger partial charge in [0, 0.05) is 12.0 Å². The number of aryl methyl sites for hydroxylation is 2. The average molecular weight is 459 g/mol. The summed E-state index contributed by atoms with van der Waals surface area (Å²) in [4.78, 5) is 13.4. The van der Waals surface area contributed by atoms with Gasteiger partial charge in [0.25, 0.3) is 5.91 Å². The molecule has 0 fully saturated rings. The van der Waals surface area contributed by atoms with Crippen molar-refractivity contribution in [3.05, 3.63) is 100 Å². The molecule has 3 aromatic rings. The second-order valence-corrected chi connectivity index (χ2v) is 8.91. The minimum absolute atomic E-state index is 0.208. The molecule has 0 bridgehead atoms. The summed E-state index contributed by atoms with van der Waals surface area (Å²) in [5.74, 6) is 0.622. The highest BCUT2D eigenvalue weighted by molar-refractivity contribution is 5.96. The molecule has 0 spiro atoms. The van der Waals surface area contributed by atoms with Crippen LogP contribution in [0.5, 0.6) is 5.75 Å². The van der Waals surface area contributed by atoms with E-state index >= 15 is 0 Å². The third-order valence-corrected chi connectivity index (χ3v) is 5.70. The molecule has 1 N–H and O–H groups in total. The molecule has 176 valence electrons. The molecule has 0 aliphatic carbocycles. The van der Waals surface area contributed by atoms with Crippen molar-refractivity contribution in [2.45, 2.75) is 52.7 Å². The number of rotatable bonds is 10. The fourth-order valence-corrected chi connectivity index (χ4v) is 3.89. The van der Waals surface area contributed by atoms with E-state index < -0.39 is 0 Å². The van der Waals surface area contributed by atoms with Crippen LogP contribution in [0.4, 0.5) is 4.39 Å². The Bertz CT molecular complexity index is 1150. The Balaban J connectivity index is 1.85. The molecular formula is C29H31FN2O2. The van der Waals surface area contributed by atoms with E-state index in [-0.39, 0.29) is 17.8 Å². The monoisotopic (exact) mass is 458 g/mol. The van der Waals surface area contributed by atoms with Gasteiger partial charge in [0.05, 0.1) is 12.1 Å². The molecule has 0 aliphatic rings. The number of nitrogens with zero attached hydrogens (tertiary/aromatic N) is 1. The molecule has 5 heteroatoms. The van der Waals surface area contributed by atoms with Crippen molar-refractivity contribution in [1.82, 2.24) is 5.32 Å². The standard InChI is InChI=1S/C29H31FN2O2/c1-20(2)17-27(24-12-14-25(30)15-13-24)32-29(33)26-18-22(10-11-23(26)8-6-16-31)19-34-28-9-5-4-7-21(28)3/h4-5,7,9-15,18,20,27H,6,8,17,19H2,1-3H3,(H,32,33). The van der Waals surface area contributed by atoms with Crippen LogP contribution in [-0.4, -0.2) is 5.91 Å². The Morgan fingerprint density at radius 2 is 1.82 bits per heavy atom. The number of carbonyl (C=O) groups excluding carboxylic acids is 1. The first-order chi connectivity index (χ1) is 16.4. The summed E-state index contributed by atoms with van der Waals surface area (Å²) in [6.07, 6.45) is 1.54. The summed E-state index contributed by atoms with van der Waals surface area (Å²) in [7, 11) is 0. The van der Waals surface area contributed by atoms with Crippen LogP contribution in [-0.2, 0) is 13.0 Å². The number of halogens is 1. The number of hydrogen-bond donors (Lipinski definition) is 1. The first-order valence-electron chi connectivity index (χ1n) is 11.6. The van der Waals surface area contributed by atoms with E-state index in [0.29, 0.717) is 30.9 Å². The van der Waals surface area contributed by atoms with Crippen molar-refractivity contribution in [1.29, 1.82) is 5.26 Å². The van der Waals surface area contributed by atoms with Crippen LogP contribution in [0.2, 0.25) is 0 Å². The minimum atomic E-state index is -0.307. The molecule has 0 saturated heterocycles. The van der Waals surface area contributed by atoms with Gasteiger partial charge in [0.1, 0.15) is 18.2 Å². The normalized spacial score (nSPS) is 11.6. The Labute approximate surface area is 201 Å². The van der Waals surface area contributed by atoms with Crippen molar-refractivity contribution >= 4 is 5.91 Å². The zero-order valence-corrected chi connectivity index (χ0v) is 20.0. The summed E-state index contributed by atoms with van der Waals surface area (Å²) in [5, 5.41) is 12.2. The SMILES string of the molecule is Cc1ccccc1OCc1ccc(CCC#N)c(C(=O)NC(CC(C)C)c2ccc(F)cc2)c1. The zero-order valence-electron chi connectivity index (χ0n) is 20.0. The fraction of sp³-hybridized carbons (Fsp3) is 0.310. The van der Waals surface area contributed by atoms with Gasteiger partial charge in [-0.25, -0.2) is 4.39 Å². The van der Waals surface area contributed by atoms with Crippen LogP contribution in [0.3, 0.4) is 0 Å². The molecule has 3 rings (SSSR count). The van der Waals surface area contributed by atoms with Gasteiger partial charge in [-0.05, 0) is 72.2 Å². The van der Waals surface area contributed by atoms with Gasteiger partial charge >= 0.3 is 0 Å². The molecule has 0 heterocycles. The van der Waals surface area contributed by atoms with Gasteiger partial charge in [0.2, 0.25) is 0 Å². The highest BCUT2D eigenvalue weighted by Crippen LogP contribution is 2.24. The summed E-state index contributed by atoms with van der Waals surface area (Å²) in [5.41, 5.74) is 4.14. The van der Waals surface area contributed by atoms with E-state index in [2.05, 4.69) is 25.2 Å². The molecular weight excluding hydrogens is 427 g/mol. The Morgan fingerprint density at radius 1 is 1.09 bits per heavy atom. The number of ether oxygens (including phenoxy) is 1. The lowest BCUT2D eigenvalue weighted by Crippen LogP contribution is -2.30. The lowest BCUT2D eigenvalue weighted by molar-refractivity contribution is 0.0931. The molecule has 0 aliphatic heterocycles. The molecule has 0 aromatic heterocycles. The summed E-state index contributed by atoms with van der Waals surface area (Å²) in [6, 6.07) is 21.6. The van der Waals surface area contributed by atoms with E-state index in [1.165, 1.54) is 12.1 Å². The summed E-state index contributed by atoms with van der Waals surface area (Å²) in [6.45, 7) is 6.50. The minimum Gasteiger partial charge on any atom is -0.489 e. The van der Waals surface area contributed by atoms with Gasteiger partial charge in [-0.1, -0.05) is 56.3 Å². The Kier molecular flexibility index (Phi) is 8.81. The highest BCUT2D eigenvalue weighted by Gasteiger charge is 2.20. The topological polar surface area (TPSA) is 62.1 Å². The lowest BCUT2D eigenvalue weighted by Gasteiger charge is -2.22. The van der Waals surface area contributed by atoms with Gasteiger partial charge < -0.3 is 10.1 Å². The van der Waals surface area contributed by atoms with E-state index in [0.717, 1.165) is 34.4 Å². The number of para-hydroxylation sites is 1. The molecule has 1 amide bonds. The fourth-order valence-electron chi connectivity index (χ4n) is 3.89. The van der Waals surface area contributed by atoms with Crippen molar-refractivity contribution in [2.24, 2.45) is 5.92 Å². The van der Waals surface area contributed by atoms with Gasteiger partial charge in [0.15, 0.2) is 0 Å².